The Balaban J connectivity index is 1.89. The quantitative estimate of drug-likeness (QED) is 0.732. The molecule has 1 aliphatic heterocycles. The Morgan fingerprint density at radius 2 is 2.12 bits per heavy atom. The minimum absolute atomic E-state index is 0.234. The van der Waals surface area contributed by atoms with Crippen LogP contribution in [0.15, 0.2) is 34.1 Å². The lowest BCUT2D eigenvalue weighted by Crippen LogP contribution is -2.26. The van der Waals surface area contributed by atoms with Crippen molar-refractivity contribution in [3.8, 4) is 11.3 Å². The molecule has 24 heavy (non-hydrogen) atoms. The van der Waals surface area contributed by atoms with Crippen LogP contribution in [0.4, 0.5) is 5.82 Å². The molecule has 3 aromatic heterocycles. The lowest BCUT2D eigenvalue weighted by atomic mass is 9.93. The van der Waals surface area contributed by atoms with E-state index in [0.29, 0.717) is 16.9 Å². The van der Waals surface area contributed by atoms with E-state index < -0.39 is 11.2 Å². The second-order valence-electron chi connectivity index (χ2n) is 6.92. The van der Waals surface area contributed by atoms with Crippen molar-refractivity contribution in [2.24, 2.45) is 5.41 Å². The van der Waals surface area contributed by atoms with E-state index in [4.69, 9.17) is 0 Å². The summed E-state index contributed by atoms with van der Waals surface area (Å²) in [6.07, 6.45) is 4.18. The summed E-state index contributed by atoms with van der Waals surface area (Å²) in [5.74, 6) is 0.899. The highest BCUT2D eigenvalue weighted by atomic mass is 16.2. The van der Waals surface area contributed by atoms with Crippen molar-refractivity contribution in [2.75, 3.05) is 18.0 Å². The smallest absolute Gasteiger partial charge is 0.325 e. The third-order valence-corrected chi connectivity index (χ3v) is 4.44. The van der Waals surface area contributed by atoms with E-state index in [2.05, 4.69) is 38.8 Å². The van der Waals surface area contributed by atoms with E-state index in [1.54, 1.807) is 16.8 Å². The Bertz CT molecular complexity index is 1030. The second-order valence-corrected chi connectivity index (χ2v) is 6.92. The molecule has 1 aliphatic rings. The van der Waals surface area contributed by atoms with E-state index in [9.17, 15) is 9.59 Å². The highest BCUT2D eigenvalue weighted by Gasteiger charge is 2.31. The fourth-order valence-corrected chi connectivity index (χ4v) is 3.17. The minimum Gasteiger partial charge on any atom is -0.356 e. The molecule has 0 radical (unpaired) electrons. The molecule has 0 bridgehead atoms. The van der Waals surface area contributed by atoms with Gasteiger partial charge in [0.1, 0.15) is 5.82 Å². The Kier molecular flexibility index (Phi) is 3.09. The number of nitrogens with zero attached hydrogens (tertiary/aromatic N) is 4. The molecule has 0 amide bonds. The standard InChI is InChI=1S/C16H18N6O2/c1-16(2)4-6-21(9-16)13-7-11(19-12-3-5-18-22(12)13)10-8-17-15(24)20-14(10)23/h3,5,7-8H,4,6,9H2,1-2H3,(H2,17,20,23,24). The molecule has 0 spiro atoms. The second kappa shape index (κ2) is 5.05. The molecule has 4 rings (SSSR count). The number of fused-ring (bicyclic) bond motifs is 1. The maximum absolute atomic E-state index is 12.1. The van der Waals surface area contributed by atoms with E-state index in [-0.39, 0.29) is 5.41 Å². The van der Waals surface area contributed by atoms with E-state index in [0.717, 1.165) is 25.3 Å². The normalized spacial score (nSPS) is 16.8. The van der Waals surface area contributed by atoms with Crippen molar-refractivity contribution in [2.45, 2.75) is 20.3 Å². The van der Waals surface area contributed by atoms with Crippen molar-refractivity contribution in [3.63, 3.8) is 0 Å². The molecule has 0 unspecified atom stereocenters. The largest absolute Gasteiger partial charge is 0.356 e. The fraction of sp³-hybridized carbons (Fsp3) is 0.375. The van der Waals surface area contributed by atoms with Gasteiger partial charge in [-0.2, -0.15) is 9.61 Å². The molecule has 0 saturated carbocycles. The van der Waals surface area contributed by atoms with Crippen LogP contribution >= 0.6 is 0 Å². The summed E-state index contributed by atoms with van der Waals surface area (Å²) in [5.41, 5.74) is 0.757. The number of aromatic amines is 2. The minimum atomic E-state index is -0.532. The van der Waals surface area contributed by atoms with Crippen LogP contribution in [0.2, 0.25) is 0 Å². The van der Waals surface area contributed by atoms with Crippen molar-refractivity contribution in [1.29, 1.82) is 0 Å². The molecule has 8 nitrogen and oxygen atoms in total. The zero-order valence-electron chi connectivity index (χ0n) is 13.5. The molecule has 0 aromatic carbocycles. The summed E-state index contributed by atoms with van der Waals surface area (Å²) in [6.45, 7) is 6.31. The number of anilines is 1. The van der Waals surface area contributed by atoms with Gasteiger partial charge >= 0.3 is 5.69 Å². The van der Waals surface area contributed by atoms with Gasteiger partial charge in [0.2, 0.25) is 0 Å². The van der Waals surface area contributed by atoms with Gasteiger partial charge in [-0.25, -0.2) is 9.78 Å². The predicted octanol–water partition coefficient (Wildman–Crippen LogP) is 1.01. The van der Waals surface area contributed by atoms with Gasteiger partial charge in [0.05, 0.1) is 17.5 Å². The van der Waals surface area contributed by atoms with Gasteiger partial charge in [-0.05, 0) is 11.8 Å². The number of hydrogen-bond acceptors (Lipinski definition) is 5. The summed E-state index contributed by atoms with van der Waals surface area (Å²) < 4.78 is 1.78. The predicted molar refractivity (Wildman–Crippen MR) is 90.3 cm³/mol. The monoisotopic (exact) mass is 326 g/mol. The molecule has 4 heterocycles. The van der Waals surface area contributed by atoms with Gasteiger partial charge < -0.3 is 9.88 Å². The number of nitrogens with one attached hydrogen (secondary N) is 2. The Morgan fingerprint density at radius 3 is 2.83 bits per heavy atom. The summed E-state index contributed by atoms with van der Waals surface area (Å²) in [6, 6.07) is 3.65. The van der Waals surface area contributed by atoms with Gasteiger partial charge in [-0.1, -0.05) is 13.8 Å². The Hall–Kier alpha value is -2.90. The number of H-pyrrole nitrogens is 2. The maximum atomic E-state index is 12.1. The summed E-state index contributed by atoms with van der Waals surface area (Å²) >= 11 is 0. The van der Waals surface area contributed by atoms with Crippen LogP contribution in [0.1, 0.15) is 20.3 Å². The van der Waals surface area contributed by atoms with Crippen molar-refractivity contribution >= 4 is 11.5 Å². The van der Waals surface area contributed by atoms with Crippen LogP contribution in [0, 0.1) is 5.41 Å². The maximum Gasteiger partial charge on any atom is 0.325 e. The van der Waals surface area contributed by atoms with Gasteiger partial charge in [-0.3, -0.25) is 9.78 Å². The molecule has 2 N–H and O–H groups in total. The first-order chi connectivity index (χ1) is 11.4. The van der Waals surface area contributed by atoms with E-state index in [1.165, 1.54) is 6.20 Å². The van der Waals surface area contributed by atoms with E-state index in [1.807, 2.05) is 6.07 Å². The molecule has 124 valence electrons. The molecule has 0 aliphatic carbocycles. The Labute approximate surface area is 137 Å². The summed E-state index contributed by atoms with van der Waals surface area (Å²) in [4.78, 5) is 34.8. The Morgan fingerprint density at radius 1 is 1.29 bits per heavy atom. The lowest BCUT2D eigenvalue weighted by Gasteiger charge is -2.22. The molecule has 3 aromatic rings. The van der Waals surface area contributed by atoms with E-state index >= 15 is 0 Å². The average molecular weight is 326 g/mol. The van der Waals surface area contributed by atoms with Crippen LogP contribution in [-0.2, 0) is 0 Å². The zero-order chi connectivity index (χ0) is 16.9. The first-order valence-corrected chi connectivity index (χ1v) is 7.85. The topological polar surface area (TPSA) is 99.2 Å². The molecular formula is C16H18N6O2. The molecular weight excluding hydrogens is 308 g/mol. The number of rotatable bonds is 2. The first-order valence-electron chi connectivity index (χ1n) is 7.85. The van der Waals surface area contributed by atoms with Gasteiger partial charge in [0, 0.05) is 31.4 Å². The van der Waals surface area contributed by atoms with Crippen molar-refractivity contribution < 1.29 is 0 Å². The highest BCUT2D eigenvalue weighted by molar-refractivity contribution is 5.65. The summed E-state index contributed by atoms with van der Waals surface area (Å²) in [7, 11) is 0. The summed E-state index contributed by atoms with van der Waals surface area (Å²) in [5, 5.41) is 4.35. The van der Waals surface area contributed by atoms with Gasteiger partial charge in [0.15, 0.2) is 5.65 Å². The fourth-order valence-electron chi connectivity index (χ4n) is 3.17. The average Bonchev–Trinajstić information content (AvgIpc) is 3.12. The zero-order valence-corrected chi connectivity index (χ0v) is 13.5. The number of hydrogen-bond donors (Lipinski definition) is 2. The van der Waals surface area contributed by atoms with Crippen LogP contribution in [0.5, 0.6) is 0 Å². The third kappa shape index (κ3) is 2.40. The van der Waals surface area contributed by atoms with Crippen LogP contribution in [-0.4, -0.2) is 37.7 Å². The van der Waals surface area contributed by atoms with Crippen molar-refractivity contribution in [3.05, 3.63) is 45.4 Å². The first kappa shape index (κ1) is 14.7. The molecule has 8 heteroatoms. The van der Waals surface area contributed by atoms with Crippen LogP contribution < -0.4 is 16.1 Å². The van der Waals surface area contributed by atoms with Crippen molar-refractivity contribution in [1.82, 2.24) is 24.6 Å². The molecule has 1 fully saturated rings. The van der Waals surface area contributed by atoms with Gasteiger partial charge in [-0.15, -0.1) is 0 Å². The lowest BCUT2D eigenvalue weighted by molar-refractivity contribution is 0.418. The van der Waals surface area contributed by atoms with Gasteiger partial charge in [0.25, 0.3) is 5.56 Å². The van der Waals surface area contributed by atoms with Crippen LogP contribution in [0.3, 0.4) is 0 Å². The SMILES string of the molecule is CC1(C)CCN(c2cc(-c3c[nH]c(=O)[nH]c3=O)nc3ccnn23)C1. The highest BCUT2D eigenvalue weighted by Crippen LogP contribution is 2.33. The van der Waals surface area contributed by atoms with Crippen LogP contribution in [0.25, 0.3) is 16.9 Å². The number of aromatic nitrogens is 5. The third-order valence-electron chi connectivity index (χ3n) is 4.44. The molecule has 0 atom stereocenters. The molecule has 1 saturated heterocycles.